The van der Waals surface area contributed by atoms with E-state index in [1.807, 2.05) is 19.9 Å². The maximum Gasteiger partial charge on any atom is 0.101 e. The number of nitrogens with zero attached hydrogens (tertiary/aromatic N) is 1. The molecule has 1 aromatic rings. The molecule has 0 fully saturated rings. The molecule has 0 aliphatic rings. The molecule has 0 aliphatic carbocycles. The van der Waals surface area contributed by atoms with Crippen molar-refractivity contribution >= 4 is 11.4 Å². The van der Waals surface area contributed by atoms with Gasteiger partial charge < -0.3 is 16.2 Å². The van der Waals surface area contributed by atoms with Crippen LogP contribution >= 0.6 is 0 Å². The summed E-state index contributed by atoms with van der Waals surface area (Å²) in [5, 5.41) is 21.5. The minimum absolute atomic E-state index is 0.188. The molecule has 0 saturated carbocycles. The summed E-state index contributed by atoms with van der Waals surface area (Å²) in [5.74, 6) is 0.188. The fourth-order valence-corrected chi connectivity index (χ4v) is 1.27. The maximum absolute atomic E-state index is 9.64. The van der Waals surface area contributed by atoms with E-state index in [4.69, 9.17) is 11.0 Å². The Kier molecular flexibility index (Phi) is 4.15. The number of rotatable bonds is 4. The smallest absolute Gasteiger partial charge is 0.101 e. The molecular formula is C12H17N3O. The van der Waals surface area contributed by atoms with Crippen molar-refractivity contribution in [2.45, 2.75) is 20.0 Å². The van der Waals surface area contributed by atoms with Crippen LogP contribution in [0.3, 0.4) is 0 Å². The normalized spacial score (nSPS) is 12.2. The molecular weight excluding hydrogens is 202 g/mol. The van der Waals surface area contributed by atoms with Crippen LogP contribution < -0.4 is 11.1 Å². The lowest BCUT2D eigenvalue weighted by molar-refractivity contribution is 0.138. The molecule has 86 valence electrons. The lowest BCUT2D eigenvalue weighted by Crippen LogP contribution is -2.25. The van der Waals surface area contributed by atoms with Gasteiger partial charge in [0.2, 0.25) is 0 Å². The summed E-state index contributed by atoms with van der Waals surface area (Å²) >= 11 is 0. The molecule has 1 aromatic carbocycles. The second kappa shape index (κ2) is 5.38. The van der Waals surface area contributed by atoms with E-state index in [1.165, 1.54) is 0 Å². The molecule has 4 nitrogen and oxygen atoms in total. The van der Waals surface area contributed by atoms with Gasteiger partial charge in [0.25, 0.3) is 0 Å². The Morgan fingerprint density at radius 3 is 2.75 bits per heavy atom. The van der Waals surface area contributed by atoms with Crippen molar-refractivity contribution in [3.8, 4) is 6.07 Å². The topological polar surface area (TPSA) is 82.1 Å². The summed E-state index contributed by atoms with van der Waals surface area (Å²) in [5.41, 5.74) is 7.36. The highest BCUT2D eigenvalue weighted by molar-refractivity contribution is 5.72. The highest BCUT2D eigenvalue weighted by Gasteiger charge is 2.10. The van der Waals surface area contributed by atoms with E-state index in [9.17, 15) is 5.11 Å². The van der Waals surface area contributed by atoms with Crippen LogP contribution in [0.5, 0.6) is 0 Å². The zero-order valence-corrected chi connectivity index (χ0v) is 9.57. The van der Waals surface area contributed by atoms with Gasteiger partial charge in [-0.15, -0.1) is 0 Å². The highest BCUT2D eigenvalue weighted by atomic mass is 16.3. The number of nitrogens with two attached hydrogens (primary N) is 1. The number of para-hydroxylation sites is 1. The van der Waals surface area contributed by atoms with Gasteiger partial charge in [-0.2, -0.15) is 5.26 Å². The Morgan fingerprint density at radius 1 is 1.50 bits per heavy atom. The number of nitrogen functional groups attached to an aromatic ring is 1. The van der Waals surface area contributed by atoms with Crippen LogP contribution in [0.4, 0.5) is 11.4 Å². The van der Waals surface area contributed by atoms with Gasteiger partial charge in [0.15, 0.2) is 0 Å². The first-order chi connectivity index (χ1) is 7.56. The Hall–Kier alpha value is -1.73. The number of aliphatic hydroxyl groups excluding tert-OH is 1. The predicted molar refractivity (Wildman–Crippen MR) is 64.9 cm³/mol. The first kappa shape index (κ1) is 12.3. The fraction of sp³-hybridized carbons (Fsp3) is 0.417. The van der Waals surface area contributed by atoms with Gasteiger partial charge in [-0.25, -0.2) is 0 Å². The lowest BCUT2D eigenvalue weighted by Gasteiger charge is -2.17. The second-order valence-corrected chi connectivity index (χ2v) is 4.07. The van der Waals surface area contributed by atoms with Gasteiger partial charge >= 0.3 is 0 Å². The van der Waals surface area contributed by atoms with Crippen LogP contribution in [0, 0.1) is 17.2 Å². The SMILES string of the molecule is CC(C)C(O)CNc1cccc(C#N)c1N. The predicted octanol–water partition coefficient (Wildman–Crippen LogP) is 1.57. The minimum Gasteiger partial charge on any atom is -0.396 e. The summed E-state index contributed by atoms with van der Waals surface area (Å²) in [6.07, 6.45) is -0.426. The molecule has 1 unspecified atom stereocenters. The maximum atomic E-state index is 9.64. The molecule has 0 aromatic heterocycles. The minimum atomic E-state index is -0.426. The van der Waals surface area contributed by atoms with Crippen LogP contribution in [0.2, 0.25) is 0 Å². The molecule has 0 saturated heterocycles. The van der Waals surface area contributed by atoms with Crippen LogP contribution in [0.25, 0.3) is 0 Å². The summed E-state index contributed by atoms with van der Waals surface area (Å²) in [4.78, 5) is 0. The third-order valence-corrected chi connectivity index (χ3v) is 2.50. The molecule has 0 amide bonds. The van der Waals surface area contributed by atoms with Gasteiger partial charge in [-0.05, 0) is 18.1 Å². The van der Waals surface area contributed by atoms with Crippen LogP contribution in [-0.4, -0.2) is 17.8 Å². The van der Waals surface area contributed by atoms with Crippen LogP contribution in [-0.2, 0) is 0 Å². The Labute approximate surface area is 95.7 Å². The number of aliphatic hydroxyl groups is 1. The van der Waals surface area contributed by atoms with E-state index in [-0.39, 0.29) is 5.92 Å². The summed E-state index contributed by atoms with van der Waals surface area (Å²) < 4.78 is 0. The zero-order valence-electron chi connectivity index (χ0n) is 9.57. The molecule has 0 spiro atoms. The van der Waals surface area contributed by atoms with Crippen LogP contribution in [0.15, 0.2) is 18.2 Å². The van der Waals surface area contributed by atoms with E-state index in [2.05, 4.69) is 5.32 Å². The molecule has 0 aliphatic heterocycles. The van der Waals surface area contributed by atoms with E-state index in [0.717, 1.165) is 0 Å². The Morgan fingerprint density at radius 2 is 2.19 bits per heavy atom. The standard InChI is InChI=1S/C12H17N3O/c1-8(2)11(16)7-15-10-5-3-4-9(6-13)12(10)14/h3-5,8,11,15-16H,7,14H2,1-2H3. The number of nitriles is 1. The van der Waals surface area contributed by atoms with Crippen molar-refractivity contribution in [1.82, 2.24) is 0 Å². The summed E-state index contributed by atoms with van der Waals surface area (Å²) in [6, 6.07) is 7.24. The number of nitrogens with one attached hydrogen (secondary N) is 1. The quantitative estimate of drug-likeness (QED) is 0.671. The molecule has 4 heteroatoms. The van der Waals surface area contributed by atoms with Crippen molar-refractivity contribution in [2.24, 2.45) is 5.92 Å². The third-order valence-electron chi connectivity index (χ3n) is 2.50. The second-order valence-electron chi connectivity index (χ2n) is 4.07. The van der Waals surface area contributed by atoms with Gasteiger partial charge in [0, 0.05) is 6.54 Å². The van der Waals surface area contributed by atoms with Crippen molar-refractivity contribution in [2.75, 3.05) is 17.6 Å². The highest BCUT2D eigenvalue weighted by Crippen LogP contribution is 2.22. The van der Waals surface area contributed by atoms with Gasteiger partial charge in [-0.1, -0.05) is 19.9 Å². The number of benzene rings is 1. The van der Waals surface area contributed by atoms with E-state index in [1.54, 1.807) is 18.2 Å². The average Bonchev–Trinajstić information content (AvgIpc) is 2.27. The van der Waals surface area contributed by atoms with Crippen molar-refractivity contribution < 1.29 is 5.11 Å². The van der Waals surface area contributed by atoms with Gasteiger partial charge in [-0.3, -0.25) is 0 Å². The monoisotopic (exact) mass is 219 g/mol. The zero-order chi connectivity index (χ0) is 12.1. The summed E-state index contributed by atoms with van der Waals surface area (Å²) in [6.45, 7) is 4.32. The molecule has 1 rings (SSSR count). The van der Waals surface area contributed by atoms with Crippen molar-refractivity contribution in [3.63, 3.8) is 0 Å². The van der Waals surface area contributed by atoms with E-state index < -0.39 is 6.10 Å². The van der Waals surface area contributed by atoms with E-state index in [0.29, 0.717) is 23.5 Å². The number of anilines is 2. The lowest BCUT2D eigenvalue weighted by atomic mass is 10.1. The molecule has 0 heterocycles. The van der Waals surface area contributed by atoms with Gasteiger partial charge in [0.05, 0.1) is 23.0 Å². The molecule has 0 bridgehead atoms. The Balaban J connectivity index is 2.72. The van der Waals surface area contributed by atoms with Crippen molar-refractivity contribution in [3.05, 3.63) is 23.8 Å². The number of hydrogen-bond acceptors (Lipinski definition) is 4. The molecule has 16 heavy (non-hydrogen) atoms. The first-order valence-electron chi connectivity index (χ1n) is 5.26. The fourth-order valence-electron chi connectivity index (χ4n) is 1.27. The summed E-state index contributed by atoms with van der Waals surface area (Å²) in [7, 11) is 0. The number of hydrogen-bond donors (Lipinski definition) is 3. The average molecular weight is 219 g/mol. The van der Waals surface area contributed by atoms with Crippen LogP contribution in [0.1, 0.15) is 19.4 Å². The van der Waals surface area contributed by atoms with Gasteiger partial charge in [0.1, 0.15) is 6.07 Å². The molecule has 4 N–H and O–H groups in total. The third kappa shape index (κ3) is 2.88. The molecule has 0 radical (unpaired) electrons. The Bertz CT molecular complexity index is 396. The van der Waals surface area contributed by atoms with Crippen molar-refractivity contribution in [1.29, 1.82) is 5.26 Å². The largest absolute Gasteiger partial charge is 0.396 e. The first-order valence-corrected chi connectivity index (χ1v) is 5.26. The molecule has 1 atom stereocenters. The van der Waals surface area contributed by atoms with E-state index >= 15 is 0 Å².